The molecule has 0 aromatic carbocycles. The van der Waals surface area contributed by atoms with Gasteiger partial charge in [-0.15, -0.1) is 22.6 Å². The molecule has 1 heterocycles. The molecule has 108 valence electrons. The molecule has 3 N–H and O–H groups in total. The van der Waals surface area contributed by atoms with Gasteiger partial charge in [0.05, 0.1) is 6.10 Å². The highest BCUT2D eigenvalue weighted by atomic mass is 35.5. The molecule has 2 rings (SSSR count). The Morgan fingerprint density at radius 2 is 2.37 bits per heavy atom. The molecule has 2 unspecified atom stereocenters. The third kappa shape index (κ3) is 2.60. The highest BCUT2D eigenvalue weighted by molar-refractivity contribution is 7.13. The van der Waals surface area contributed by atoms with Gasteiger partial charge in [-0.25, -0.2) is 0 Å². The van der Waals surface area contributed by atoms with Crippen LogP contribution in [0, 0.1) is 5.41 Å². The molecule has 0 bridgehead atoms. The molecular weight excluding hydrogens is 288 g/mol. The fraction of sp³-hybridized carbons (Fsp3) is 0.727. The zero-order chi connectivity index (χ0) is 13.4. The summed E-state index contributed by atoms with van der Waals surface area (Å²) in [5.74, 6) is -0.222. The normalized spacial score (nSPS) is 28.1. The summed E-state index contributed by atoms with van der Waals surface area (Å²) in [7, 11) is 0. The first kappa shape index (κ1) is 16.3. The minimum atomic E-state index is -0.918. The molecule has 1 aliphatic carbocycles. The monoisotopic (exact) mass is 306 g/mol. The van der Waals surface area contributed by atoms with Gasteiger partial charge >= 0.3 is 0 Å². The first-order valence-electron chi connectivity index (χ1n) is 5.90. The molecule has 1 aromatic rings. The van der Waals surface area contributed by atoms with Crippen LogP contribution >= 0.6 is 23.7 Å². The maximum absolute atomic E-state index is 12.2. The van der Waals surface area contributed by atoms with Crippen molar-refractivity contribution in [2.75, 3.05) is 11.9 Å². The molecular formula is C11H19ClN4O2S. The Labute approximate surface area is 122 Å². The van der Waals surface area contributed by atoms with Crippen LogP contribution in [-0.2, 0) is 9.53 Å². The lowest BCUT2D eigenvalue weighted by atomic mass is 9.54. The number of amides is 1. The summed E-state index contributed by atoms with van der Waals surface area (Å²) >= 11 is 1.27. The number of ether oxygens (including phenoxy) is 1. The number of carbonyl (C=O) groups excluding carboxylic acids is 1. The molecule has 0 radical (unpaired) electrons. The summed E-state index contributed by atoms with van der Waals surface area (Å²) in [5, 5.41) is 10.6. The number of nitrogens with two attached hydrogens (primary N) is 1. The van der Waals surface area contributed by atoms with Crippen molar-refractivity contribution in [1.82, 2.24) is 10.2 Å². The van der Waals surface area contributed by atoms with Crippen LogP contribution in [0.5, 0.6) is 0 Å². The summed E-state index contributed by atoms with van der Waals surface area (Å²) in [5.41, 5.74) is 6.48. The van der Waals surface area contributed by atoms with Crippen LogP contribution < -0.4 is 11.1 Å². The quantitative estimate of drug-likeness (QED) is 0.878. The van der Waals surface area contributed by atoms with Gasteiger partial charge in [0.15, 0.2) is 0 Å². The van der Waals surface area contributed by atoms with Gasteiger partial charge in [0.1, 0.15) is 11.0 Å². The summed E-state index contributed by atoms with van der Waals surface area (Å²) in [6.45, 7) is 6.48. The van der Waals surface area contributed by atoms with E-state index in [2.05, 4.69) is 15.5 Å². The van der Waals surface area contributed by atoms with Crippen LogP contribution in [0.15, 0.2) is 5.51 Å². The SMILES string of the molecule is CCOC1CC(N)(C(=O)Nc2nncs2)C1(C)C.Cl. The van der Waals surface area contributed by atoms with Crippen LogP contribution in [0.1, 0.15) is 27.2 Å². The maximum atomic E-state index is 12.2. The van der Waals surface area contributed by atoms with Gasteiger partial charge in [0, 0.05) is 18.4 Å². The molecule has 1 fully saturated rings. The van der Waals surface area contributed by atoms with Crippen LogP contribution in [0.2, 0.25) is 0 Å². The Morgan fingerprint density at radius 3 is 2.84 bits per heavy atom. The Balaban J connectivity index is 0.00000180. The number of anilines is 1. The zero-order valence-corrected chi connectivity index (χ0v) is 12.8. The van der Waals surface area contributed by atoms with Crippen LogP contribution in [-0.4, -0.2) is 34.4 Å². The molecule has 1 aliphatic rings. The second kappa shape index (κ2) is 5.70. The molecule has 2 atom stereocenters. The molecule has 0 aliphatic heterocycles. The van der Waals surface area contributed by atoms with Gasteiger partial charge in [-0.1, -0.05) is 25.2 Å². The van der Waals surface area contributed by atoms with Crippen LogP contribution in [0.4, 0.5) is 5.13 Å². The van der Waals surface area contributed by atoms with E-state index < -0.39 is 11.0 Å². The van der Waals surface area contributed by atoms with E-state index in [4.69, 9.17) is 10.5 Å². The van der Waals surface area contributed by atoms with Gasteiger partial charge in [-0.2, -0.15) is 0 Å². The van der Waals surface area contributed by atoms with Crippen molar-refractivity contribution in [3.63, 3.8) is 0 Å². The number of hydrogen-bond acceptors (Lipinski definition) is 6. The van der Waals surface area contributed by atoms with Crippen molar-refractivity contribution >= 4 is 34.8 Å². The summed E-state index contributed by atoms with van der Waals surface area (Å²) in [6, 6.07) is 0. The lowest BCUT2D eigenvalue weighted by Gasteiger charge is -2.57. The van der Waals surface area contributed by atoms with Gasteiger partial charge in [0.25, 0.3) is 0 Å². The van der Waals surface area contributed by atoms with Crippen molar-refractivity contribution in [3.05, 3.63) is 5.51 Å². The predicted octanol–water partition coefficient (Wildman–Crippen LogP) is 1.43. The molecule has 19 heavy (non-hydrogen) atoms. The fourth-order valence-corrected chi connectivity index (χ4v) is 2.70. The second-order valence-corrected chi connectivity index (χ2v) is 5.87. The van der Waals surface area contributed by atoms with E-state index in [1.165, 1.54) is 11.3 Å². The molecule has 1 aromatic heterocycles. The molecule has 8 heteroatoms. The smallest absolute Gasteiger partial charge is 0.247 e. The van der Waals surface area contributed by atoms with E-state index >= 15 is 0 Å². The highest BCUT2D eigenvalue weighted by Gasteiger charge is 2.62. The van der Waals surface area contributed by atoms with E-state index in [1.54, 1.807) is 5.51 Å². The number of carbonyl (C=O) groups is 1. The Hall–Kier alpha value is -0.760. The lowest BCUT2D eigenvalue weighted by Crippen LogP contribution is -2.74. The number of halogens is 1. The van der Waals surface area contributed by atoms with Crippen molar-refractivity contribution in [1.29, 1.82) is 0 Å². The first-order valence-corrected chi connectivity index (χ1v) is 6.78. The standard InChI is InChI=1S/C11H18N4O2S.ClH/c1-4-17-7-5-11(12,10(7,2)3)8(16)14-9-15-13-6-18-9;/h6-7H,4-5,12H2,1-3H3,(H,14,15,16);1H. The van der Waals surface area contributed by atoms with E-state index in [0.717, 1.165) is 0 Å². The van der Waals surface area contributed by atoms with Gasteiger partial charge in [-0.05, 0) is 6.92 Å². The number of hydrogen-bond donors (Lipinski definition) is 2. The van der Waals surface area contributed by atoms with E-state index in [9.17, 15) is 4.79 Å². The van der Waals surface area contributed by atoms with Gasteiger partial charge in [-0.3, -0.25) is 10.1 Å². The highest BCUT2D eigenvalue weighted by Crippen LogP contribution is 2.50. The fourth-order valence-electron chi connectivity index (χ4n) is 2.26. The molecule has 1 saturated carbocycles. The average molecular weight is 307 g/mol. The molecule has 1 amide bonds. The minimum absolute atomic E-state index is 0. The molecule has 0 saturated heterocycles. The van der Waals surface area contributed by atoms with Gasteiger partial charge in [0.2, 0.25) is 11.0 Å². The third-order valence-electron chi connectivity index (χ3n) is 3.82. The largest absolute Gasteiger partial charge is 0.378 e. The average Bonchev–Trinajstić information content (AvgIpc) is 2.81. The lowest BCUT2D eigenvalue weighted by molar-refractivity contribution is -0.166. The van der Waals surface area contributed by atoms with Gasteiger partial charge < -0.3 is 10.5 Å². The predicted molar refractivity (Wildman–Crippen MR) is 76.5 cm³/mol. The van der Waals surface area contributed by atoms with Crippen molar-refractivity contribution in [2.45, 2.75) is 38.8 Å². The molecule has 0 spiro atoms. The van der Waals surface area contributed by atoms with Crippen LogP contribution in [0.3, 0.4) is 0 Å². The number of aromatic nitrogens is 2. The maximum Gasteiger partial charge on any atom is 0.247 e. The van der Waals surface area contributed by atoms with Crippen LogP contribution in [0.25, 0.3) is 0 Å². The second-order valence-electron chi connectivity index (χ2n) is 5.04. The molecule has 6 nitrogen and oxygen atoms in total. The Morgan fingerprint density at radius 1 is 1.68 bits per heavy atom. The van der Waals surface area contributed by atoms with Crippen molar-refractivity contribution in [3.8, 4) is 0 Å². The van der Waals surface area contributed by atoms with E-state index in [0.29, 0.717) is 18.2 Å². The number of nitrogens with one attached hydrogen (secondary N) is 1. The van der Waals surface area contributed by atoms with Crippen molar-refractivity contribution in [2.24, 2.45) is 11.1 Å². The number of nitrogens with zero attached hydrogens (tertiary/aromatic N) is 2. The topological polar surface area (TPSA) is 90.1 Å². The van der Waals surface area contributed by atoms with E-state index in [1.807, 2.05) is 20.8 Å². The zero-order valence-electron chi connectivity index (χ0n) is 11.2. The Bertz CT molecular complexity index is 440. The minimum Gasteiger partial charge on any atom is -0.378 e. The Kier molecular flexibility index (Phi) is 4.89. The van der Waals surface area contributed by atoms with Crippen molar-refractivity contribution < 1.29 is 9.53 Å². The summed E-state index contributed by atoms with van der Waals surface area (Å²) in [4.78, 5) is 12.2. The summed E-state index contributed by atoms with van der Waals surface area (Å²) < 4.78 is 5.59. The summed E-state index contributed by atoms with van der Waals surface area (Å²) in [6.07, 6.45) is 0.547. The first-order chi connectivity index (χ1) is 8.41. The van der Waals surface area contributed by atoms with E-state index in [-0.39, 0.29) is 24.4 Å². The number of rotatable bonds is 4. The third-order valence-corrected chi connectivity index (χ3v) is 4.42.